The highest BCUT2D eigenvalue weighted by Crippen LogP contribution is 2.21. The summed E-state index contributed by atoms with van der Waals surface area (Å²) in [6, 6.07) is 16.1. The lowest BCUT2D eigenvalue weighted by Gasteiger charge is -2.30. The van der Waals surface area contributed by atoms with Crippen molar-refractivity contribution in [3.05, 3.63) is 59.9 Å². The van der Waals surface area contributed by atoms with E-state index in [-0.39, 0.29) is 5.91 Å². The second-order valence-corrected chi connectivity index (χ2v) is 7.69. The molecule has 3 aromatic rings. The number of hydrogen-bond donors (Lipinski definition) is 0. The second-order valence-electron chi connectivity index (χ2n) is 7.69. The molecule has 28 heavy (non-hydrogen) atoms. The third kappa shape index (κ3) is 3.88. The summed E-state index contributed by atoms with van der Waals surface area (Å²) in [5.41, 5.74) is 3.10. The molecule has 2 heterocycles. The highest BCUT2D eigenvalue weighted by atomic mass is 16.5. The lowest BCUT2D eigenvalue weighted by molar-refractivity contribution is -0.133. The number of benzene rings is 2. The monoisotopic (exact) mass is 377 g/mol. The molecule has 0 radical (unpaired) electrons. The number of hydrogen-bond acceptors (Lipinski definition) is 3. The SMILES string of the molecule is COc1ccc(Cc2nc3ccccc3n2CC(=O)N2CCC(C)CC2)cc1. The van der Waals surface area contributed by atoms with Crippen LogP contribution in [0.1, 0.15) is 31.2 Å². The summed E-state index contributed by atoms with van der Waals surface area (Å²) in [6.45, 7) is 4.33. The van der Waals surface area contributed by atoms with Gasteiger partial charge in [0.1, 0.15) is 18.1 Å². The van der Waals surface area contributed by atoms with E-state index in [1.807, 2.05) is 41.3 Å². The van der Waals surface area contributed by atoms with Crippen LogP contribution in [0.2, 0.25) is 0 Å². The fraction of sp³-hybridized carbons (Fsp3) is 0.391. The molecule has 146 valence electrons. The van der Waals surface area contributed by atoms with Crippen LogP contribution in [0, 0.1) is 5.92 Å². The maximum Gasteiger partial charge on any atom is 0.242 e. The Hall–Kier alpha value is -2.82. The van der Waals surface area contributed by atoms with Crippen molar-refractivity contribution in [2.75, 3.05) is 20.2 Å². The number of aromatic nitrogens is 2. The van der Waals surface area contributed by atoms with E-state index in [0.29, 0.717) is 18.9 Å². The number of fused-ring (bicyclic) bond motifs is 1. The van der Waals surface area contributed by atoms with Crippen molar-refractivity contribution < 1.29 is 9.53 Å². The van der Waals surface area contributed by atoms with E-state index < -0.39 is 0 Å². The summed E-state index contributed by atoms with van der Waals surface area (Å²) in [4.78, 5) is 19.8. The maximum absolute atomic E-state index is 13.0. The zero-order valence-electron chi connectivity index (χ0n) is 16.6. The van der Waals surface area contributed by atoms with E-state index in [1.165, 1.54) is 0 Å². The average molecular weight is 377 g/mol. The van der Waals surface area contributed by atoms with Crippen molar-refractivity contribution in [1.82, 2.24) is 14.5 Å². The van der Waals surface area contributed by atoms with Gasteiger partial charge in [0.25, 0.3) is 0 Å². The number of carbonyl (C=O) groups is 1. The number of imidazole rings is 1. The number of ether oxygens (including phenoxy) is 1. The maximum atomic E-state index is 13.0. The van der Waals surface area contributed by atoms with Crippen LogP contribution in [-0.4, -0.2) is 40.6 Å². The molecule has 2 aromatic carbocycles. The number of methoxy groups -OCH3 is 1. The average Bonchev–Trinajstić information content (AvgIpc) is 3.06. The number of rotatable bonds is 5. The van der Waals surface area contributed by atoms with Gasteiger partial charge in [-0.2, -0.15) is 0 Å². The minimum atomic E-state index is 0.186. The van der Waals surface area contributed by atoms with Gasteiger partial charge in [-0.05, 0) is 48.6 Å². The van der Waals surface area contributed by atoms with E-state index in [1.54, 1.807) is 7.11 Å². The van der Waals surface area contributed by atoms with E-state index in [4.69, 9.17) is 9.72 Å². The smallest absolute Gasteiger partial charge is 0.242 e. The molecule has 5 heteroatoms. The van der Waals surface area contributed by atoms with Gasteiger partial charge in [-0.3, -0.25) is 4.79 Å². The van der Waals surface area contributed by atoms with Crippen molar-refractivity contribution in [1.29, 1.82) is 0 Å². The van der Waals surface area contributed by atoms with Gasteiger partial charge in [0.15, 0.2) is 0 Å². The van der Waals surface area contributed by atoms with Gasteiger partial charge in [0.2, 0.25) is 5.91 Å². The van der Waals surface area contributed by atoms with Crippen LogP contribution >= 0.6 is 0 Å². The van der Waals surface area contributed by atoms with Gasteiger partial charge in [-0.15, -0.1) is 0 Å². The van der Waals surface area contributed by atoms with Gasteiger partial charge in [0.05, 0.1) is 18.1 Å². The van der Waals surface area contributed by atoms with Crippen LogP contribution in [0.3, 0.4) is 0 Å². The molecule has 0 unspecified atom stereocenters. The van der Waals surface area contributed by atoms with Gasteiger partial charge >= 0.3 is 0 Å². The molecule has 0 aliphatic carbocycles. The van der Waals surface area contributed by atoms with E-state index >= 15 is 0 Å². The number of carbonyl (C=O) groups excluding carboxylic acids is 1. The van der Waals surface area contributed by atoms with Crippen molar-refractivity contribution in [2.24, 2.45) is 5.92 Å². The van der Waals surface area contributed by atoms with E-state index in [9.17, 15) is 4.79 Å². The topological polar surface area (TPSA) is 47.4 Å². The zero-order chi connectivity index (χ0) is 19.5. The quantitative estimate of drug-likeness (QED) is 0.678. The highest BCUT2D eigenvalue weighted by Gasteiger charge is 2.22. The molecular weight excluding hydrogens is 350 g/mol. The van der Waals surface area contributed by atoms with Crippen molar-refractivity contribution >= 4 is 16.9 Å². The van der Waals surface area contributed by atoms with Crippen molar-refractivity contribution in [3.8, 4) is 5.75 Å². The van der Waals surface area contributed by atoms with E-state index in [0.717, 1.165) is 54.1 Å². The zero-order valence-corrected chi connectivity index (χ0v) is 16.6. The van der Waals surface area contributed by atoms with E-state index in [2.05, 4.69) is 23.6 Å². The highest BCUT2D eigenvalue weighted by molar-refractivity contribution is 5.81. The third-order valence-corrected chi connectivity index (χ3v) is 5.68. The summed E-state index contributed by atoms with van der Waals surface area (Å²) in [7, 11) is 1.67. The Kier molecular flexibility index (Phi) is 5.33. The Labute approximate surface area is 165 Å². The first-order valence-electron chi connectivity index (χ1n) is 9.99. The molecule has 0 N–H and O–H groups in total. The molecule has 0 saturated carbocycles. The summed E-state index contributed by atoms with van der Waals surface area (Å²) in [6.07, 6.45) is 2.87. The van der Waals surface area contributed by atoms with Gasteiger partial charge in [0, 0.05) is 19.5 Å². The third-order valence-electron chi connectivity index (χ3n) is 5.68. The van der Waals surface area contributed by atoms with Crippen LogP contribution < -0.4 is 4.74 Å². The van der Waals surface area contributed by atoms with Gasteiger partial charge in [-0.1, -0.05) is 31.2 Å². The molecule has 0 spiro atoms. The summed E-state index contributed by atoms with van der Waals surface area (Å²) >= 11 is 0. The molecule has 1 aromatic heterocycles. The summed E-state index contributed by atoms with van der Waals surface area (Å²) in [5.74, 6) is 2.66. The first-order chi connectivity index (χ1) is 13.6. The van der Waals surface area contributed by atoms with Crippen molar-refractivity contribution in [3.63, 3.8) is 0 Å². The predicted octanol–water partition coefficient (Wildman–Crippen LogP) is 3.89. The van der Waals surface area contributed by atoms with Gasteiger partial charge < -0.3 is 14.2 Å². The Morgan fingerprint density at radius 3 is 2.54 bits per heavy atom. The number of amides is 1. The Morgan fingerprint density at radius 2 is 1.82 bits per heavy atom. The van der Waals surface area contributed by atoms with Crippen LogP contribution in [0.15, 0.2) is 48.5 Å². The number of para-hydroxylation sites is 2. The molecule has 1 saturated heterocycles. The lowest BCUT2D eigenvalue weighted by atomic mass is 9.99. The van der Waals surface area contributed by atoms with Crippen LogP contribution in [0.5, 0.6) is 5.75 Å². The normalized spacial score (nSPS) is 15.1. The summed E-state index contributed by atoms with van der Waals surface area (Å²) in [5, 5.41) is 0. The minimum absolute atomic E-state index is 0.186. The molecule has 5 nitrogen and oxygen atoms in total. The lowest BCUT2D eigenvalue weighted by Crippen LogP contribution is -2.39. The number of nitrogens with zero attached hydrogens (tertiary/aromatic N) is 3. The van der Waals surface area contributed by atoms with Crippen LogP contribution in [0.25, 0.3) is 11.0 Å². The molecule has 0 bridgehead atoms. The second kappa shape index (κ2) is 8.05. The number of likely N-dealkylation sites (tertiary alicyclic amines) is 1. The number of piperidine rings is 1. The molecule has 0 atom stereocenters. The van der Waals surface area contributed by atoms with Gasteiger partial charge in [-0.25, -0.2) is 4.98 Å². The standard InChI is InChI=1S/C23H27N3O2/c1-17-11-13-25(14-12-17)23(27)16-26-21-6-4-3-5-20(21)24-22(26)15-18-7-9-19(28-2)10-8-18/h3-10,17H,11-16H2,1-2H3. The predicted molar refractivity (Wildman–Crippen MR) is 111 cm³/mol. The molecule has 1 aliphatic rings. The Balaban J connectivity index is 1.60. The molecule has 1 aliphatic heterocycles. The summed E-state index contributed by atoms with van der Waals surface area (Å²) < 4.78 is 7.33. The molecule has 1 fully saturated rings. The molecular formula is C23H27N3O2. The largest absolute Gasteiger partial charge is 0.497 e. The van der Waals surface area contributed by atoms with Crippen LogP contribution in [-0.2, 0) is 17.8 Å². The minimum Gasteiger partial charge on any atom is -0.497 e. The first-order valence-corrected chi connectivity index (χ1v) is 9.99. The molecule has 4 rings (SSSR count). The fourth-order valence-corrected chi connectivity index (χ4v) is 3.86. The van der Waals surface area contributed by atoms with Crippen LogP contribution in [0.4, 0.5) is 0 Å². The fourth-order valence-electron chi connectivity index (χ4n) is 3.86. The molecule has 1 amide bonds. The Morgan fingerprint density at radius 1 is 1.11 bits per heavy atom. The first kappa shape index (κ1) is 18.5. The Bertz CT molecular complexity index is 954. The van der Waals surface area contributed by atoms with Crippen molar-refractivity contribution in [2.45, 2.75) is 32.7 Å².